The average Bonchev–Trinajstić information content (AvgIpc) is 3.56. The van der Waals surface area contributed by atoms with Gasteiger partial charge in [0.05, 0.1) is 10.9 Å². The molecule has 0 radical (unpaired) electrons. The molecule has 5 rings (SSSR count). The van der Waals surface area contributed by atoms with Crippen molar-refractivity contribution < 1.29 is 48.3 Å². The molecule has 40 heavy (non-hydrogen) atoms. The molecule has 17 heteroatoms. The number of hydrogen-bond acceptors (Lipinski definition) is 6. The maximum atomic E-state index is 14.9. The predicted molar refractivity (Wildman–Crippen MR) is 119 cm³/mol. The highest BCUT2D eigenvalue weighted by Gasteiger charge is 2.73. The van der Waals surface area contributed by atoms with Gasteiger partial charge in [0.15, 0.2) is 9.84 Å². The number of hydrogen-bond donors (Lipinski definition) is 1. The van der Waals surface area contributed by atoms with E-state index >= 15 is 0 Å². The number of halogens is 8. The van der Waals surface area contributed by atoms with Crippen LogP contribution in [-0.2, 0) is 26.7 Å². The molecule has 2 aliphatic rings. The maximum absolute atomic E-state index is 14.9. The smallest absolute Gasteiger partial charge is 0.331 e. The number of aryl methyl sites for hydroxylation is 1. The van der Waals surface area contributed by atoms with E-state index in [0.29, 0.717) is 6.07 Å². The van der Waals surface area contributed by atoms with E-state index in [4.69, 9.17) is 0 Å². The number of aromatic nitrogens is 4. The monoisotopic (exact) mass is 595 g/mol. The zero-order valence-electron chi connectivity index (χ0n) is 19.9. The van der Waals surface area contributed by atoms with Gasteiger partial charge in [-0.25, -0.2) is 22.3 Å². The van der Waals surface area contributed by atoms with Crippen LogP contribution in [0.3, 0.4) is 0 Å². The third-order valence-electron chi connectivity index (χ3n) is 7.48. The Labute approximate surface area is 220 Å². The van der Waals surface area contributed by atoms with Gasteiger partial charge in [0.25, 0.3) is 5.91 Å². The van der Waals surface area contributed by atoms with Crippen LogP contribution in [-0.4, -0.2) is 64.8 Å². The number of amides is 1. The number of carbonyl (C=O) groups is 1. The molecular formula is C23H17F8N5O3S. The zero-order chi connectivity index (χ0) is 29.3. The van der Waals surface area contributed by atoms with Crippen molar-refractivity contribution >= 4 is 15.7 Å². The van der Waals surface area contributed by atoms with Gasteiger partial charge in [-0.2, -0.15) is 26.3 Å². The minimum absolute atomic E-state index is 0.186. The van der Waals surface area contributed by atoms with Gasteiger partial charge >= 0.3 is 18.0 Å². The van der Waals surface area contributed by atoms with Crippen LogP contribution in [0.2, 0.25) is 0 Å². The Balaban J connectivity index is 1.71. The number of H-pyrrole nitrogens is 1. The molecule has 0 bridgehead atoms. The van der Waals surface area contributed by atoms with Crippen molar-refractivity contribution in [1.29, 1.82) is 0 Å². The van der Waals surface area contributed by atoms with E-state index < -0.39 is 60.8 Å². The first-order chi connectivity index (χ1) is 18.6. The summed E-state index contributed by atoms with van der Waals surface area (Å²) < 4.78 is 135. The molecule has 2 heterocycles. The Morgan fingerprint density at radius 3 is 2.23 bits per heavy atom. The number of carbonyl (C=O) groups excluding carboxylic acids is 1. The molecule has 1 N–H and O–H groups in total. The van der Waals surface area contributed by atoms with Gasteiger partial charge in [0.2, 0.25) is 5.82 Å². The Bertz CT molecular complexity index is 1540. The summed E-state index contributed by atoms with van der Waals surface area (Å²) in [6, 6.07) is 3.86. The molecule has 1 aliphatic carbocycles. The van der Waals surface area contributed by atoms with Crippen LogP contribution < -0.4 is 0 Å². The van der Waals surface area contributed by atoms with Crippen LogP contribution in [0.25, 0.3) is 0 Å². The Morgan fingerprint density at radius 1 is 1.00 bits per heavy atom. The number of fused-ring (bicyclic) bond motifs is 3. The second-order valence-electron chi connectivity index (χ2n) is 9.43. The molecule has 2 aromatic carbocycles. The molecule has 0 unspecified atom stereocenters. The Morgan fingerprint density at radius 2 is 1.65 bits per heavy atom. The Hall–Kier alpha value is -3.63. The number of nitrogens with one attached hydrogen (secondary N) is 1. The van der Waals surface area contributed by atoms with Gasteiger partial charge in [0, 0.05) is 12.1 Å². The molecular weight excluding hydrogens is 578 g/mol. The maximum Gasteiger partial charge on any atom is 0.435 e. The number of likely N-dealkylation sites (tertiary alicyclic amines) is 1. The van der Waals surface area contributed by atoms with E-state index in [9.17, 15) is 48.3 Å². The molecule has 3 aromatic rings. The molecule has 8 nitrogen and oxygen atoms in total. The predicted octanol–water partition coefficient (Wildman–Crippen LogP) is 4.16. The number of tetrazole rings is 1. The van der Waals surface area contributed by atoms with Crippen LogP contribution in [0.4, 0.5) is 35.1 Å². The van der Waals surface area contributed by atoms with E-state index in [0.717, 1.165) is 35.2 Å². The quantitative estimate of drug-likeness (QED) is 0.359. The van der Waals surface area contributed by atoms with Crippen molar-refractivity contribution in [3.05, 3.63) is 70.8 Å². The Kier molecular flexibility index (Phi) is 6.24. The number of alkyl halides is 7. The second kappa shape index (κ2) is 8.94. The number of rotatable bonds is 4. The van der Waals surface area contributed by atoms with Crippen molar-refractivity contribution in [2.75, 3.05) is 6.54 Å². The van der Waals surface area contributed by atoms with E-state index in [1.54, 1.807) is 0 Å². The van der Waals surface area contributed by atoms with Crippen molar-refractivity contribution in [3.63, 3.8) is 0 Å². The third kappa shape index (κ3) is 3.80. The van der Waals surface area contributed by atoms with Gasteiger partial charge in [-0.3, -0.25) is 4.79 Å². The SMILES string of the molecule is O=C(c1nnn[nH]1)N1CC[C@@]2(S(=O)(=O)c3ccc(F)cc3)c3ccc(C(F)(C(F)(F)F)C(F)(F)F)cc3CC[C@@H]12. The first-order valence-electron chi connectivity index (χ1n) is 11.6. The molecule has 1 aromatic heterocycles. The molecule has 1 aliphatic heterocycles. The molecule has 1 amide bonds. The van der Waals surface area contributed by atoms with Crippen molar-refractivity contribution in [2.24, 2.45) is 0 Å². The minimum Gasteiger partial charge on any atom is -0.331 e. The standard InChI is InChI=1S/C23H17F8N5O3S/c24-14-3-5-15(6-4-14)40(38,39)20-9-10-36(19(37)18-32-34-35-33-18)17(20)8-1-12-11-13(2-7-16(12)20)21(25,22(26,27)28)23(29,30)31/h2-7,11,17H,1,8-10H2,(H,32,33,34,35)/t17-,20-/m1/s1. The largest absolute Gasteiger partial charge is 0.435 e. The van der Waals surface area contributed by atoms with Gasteiger partial charge in [-0.05, 0) is 65.1 Å². The normalized spacial score (nSPS) is 21.7. The number of sulfone groups is 1. The van der Waals surface area contributed by atoms with Gasteiger partial charge in [-0.15, -0.1) is 5.10 Å². The lowest BCUT2D eigenvalue weighted by molar-refractivity contribution is -0.348. The first kappa shape index (κ1) is 27.9. The van der Waals surface area contributed by atoms with Crippen molar-refractivity contribution in [3.8, 4) is 0 Å². The van der Waals surface area contributed by atoms with Crippen LogP contribution in [0.1, 0.15) is 40.2 Å². The summed E-state index contributed by atoms with van der Waals surface area (Å²) in [4.78, 5) is 13.9. The highest BCUT2D eigenvalue weighted by molar-refractivity contribution is 7.92. The molecule has 1 saturated heterocycles. The van der Waals surface area contributed by atoms with Gasteiger partial charge < -0.3 is 4.90 Å². The molecule has 214 valence electrons. The molecule has 0 saturated carbocycles. The zero-order valence-corrected chi connectivity index (χ0v) is 20.7. The summed E-state index contributed by atoms with van der Waals surface area (Å²) in [5.74, 6) is -1.88. The van der Waals surface area contributed by atoms with Gasteiger partial charge in [0.1, 0.15) is 10.6 Å². The fourth-order valence-electron chi connectivity index (χ4n) is 5.68. The van der Waals surface area contributed by atoms with Crippen LogP contribution in [0.5, 0.6) is 0 Å². The number of nitrogens with zero attached hydrogens (tertiary/aromatic N) is 4. The number of aromatic amines is 1. The summed E-state index contributed by atoms with van der Waals surface area (Å²) in [7, 11) is -4.59. The fraction of sp³-hybridized carbons (Fsp3) is 0.391. The highest BCUT2D eigenvalue weighted by Crippen LogP contribution is 2.56. The third-order valence-corrected chi connectivity index (χ3v) is 10.0. The lowest BCUT2D eigenvalue weighted by Crippen LogP contribution is -2.53. The summed E-state index contributed by atoms with van der Waals surface area (Å²) in [5, 5.41) is 12.4. The van der Waals surface area contributed by atoms with Crippen LogP contribution in [0.15, 0.2) is 47.4 Å². The summed E-state index contributed by atoms with van der Waals surface area (Å²) >= 11 is 0. The van der Waals surface area contributed by atoms with Crippen LogP contribution >= 0.6 is 0 Å². The van der Waals surface area contributed by atoms with Crippen LogP contribution in [0, 0.1) is 5.82 Å². The van der Waals surface area contributed by atoms with E-state index in [1.165, 1.54) is 0 Å². The summed E-state index contributed by atoms with van der Waals surface area (Å²) in [6.45, 7) is -0.204. The lowest BCUT2D eigenvalue weighted by Gasteiger charge is -2.43. The summed E-state index contributed by atoms with van der Waals surface area (Å²) in [6.07, 6.45) is -13.6. The van der Waals surface area contributed by atoms with E-state index in [-0.39, 0.29) is 48.8 Å². The van der Waals surface area contributed by atoms with E-state index in [1.807, 2.05) is 0 Å². The van der Waals surface area contributed by atoms with Crippen molar-refractivity contribution in [2.45, 2.75) is 53.0 Å². The topological polar surface area (TPSA) is 109 Å². The molecule has 1 fully saturated rings. The molecule has 0 spiro atoms. The van der Waals surface area contributed by atoms with E-state index in [2.05, 4.69) is 20.6 Å². The lowest BCUT2D eigenvalue weighted by atomic mass is 9.76. The molecule has 2 atom stereocenters. The number of benzene rings is 2. The second-order valence-corrected chi connectivity index (χ2v) is 11.6. The fourth-order valence-corrected chi connectivity index (χ4v) is 8.05. The highest BCUT2D eigenvalue weighted by atomic mass is 32.2. The summed E-state index contributed by atoms with van der Waals surface area (Å²) in [5.41, 5.74) is -7.91. The van der Waals surface area contributed by atoms with Crippen molar-refractivity contribution in [1.82, 2.24) is 25.5 Å². The first-order valence-corrected chi connectivity index (χ1v) is 13.0. The minimum atomic E-state index is -6.36. The average molecular weight is 595 g/mol. The van der Waals surface area contributed by atoms with Gasteiger partial charge in [-0.1, -0.05) is 18.2 Å².